The molecule has 0 aromatic heterocycles. The van der Waals surface area contributed by atoms with Gasteiger partial charge in [-0.3, -0.25) is 4.90 Å². The molecule has 0 aliphatic heterocycles. The van der Waals surface area contributed by atoms with Crippen molar-refractivity contribution >= 4 is 31.4 Å². The van der Waals surface area contributed by atoms with E-state index in [1.165, 1.54) is 17.1 Å². The number of carbonyl (C=O) groups is 1. The molecular weight excluding hydrogens is 306 g/mol. The van der Waals surface area contributed by atoms with Gasteiger partial charge in [-0.15, -0.1) is 13.2 Å². The molecule has 1 aromatic carbocycles. The Kier molecular flexibility index (Phi) is 7.25. The van der Waals surface area contributed by atoms with Gasteiger partial charge in [0.2, 0.25) is 0 Å². The fourth-order valence-corrected chi connectivity index (χ4v) is 2.12. The number of hydrogen-bond acceptors (Lipinski definition) is 5. The lowest BCUT2D eigenvalue weighted by molar-refractivity contribution is 0.0980. The summed E-state index contributed by atoms with van der Waals surface area (Å²) in [7, 11) is 1.59. The molecule has 2 atom stereocenters. The van der Waals surface area contributed by atoms with Crippen LogP contribution in [0.4, 0.5) is 4.79 Å². The predicted octanol–water partition coefficient (Wildman–Crippen LogP) is 3.52. The van der Waals surface area contributed by atoms with Crippen LogP contribution in [0.1, 0.15) is 5.56 Å². The SMILES string of the molecule is C=CC(S)N(C(=O)OCc1ccc(OC)cc1)C(S)C=C. The van der Waals surface area contributed by atoms with Crippen LogP contribution in [0.15, 0.2) is 49.6 Å². The van der Waals surface area contributed by atoms with Crippen LogP contribution in [0.2, 0.25) is 0 Å². The summed E-state index contributed by atoms with van der Waals surface area (Å²) in [6.45, 7) is 7.37. The molecular formula is C15H19NO3S2. The lowest BCUT2D eigenvalue weighted by Gasteiger charge is -2.29. The van der Waals surface area contributed by atoms with Gasteiger partial charge in [-0.05, 0) is 17.7 Å². The first-order valence-corrected chi connectivity index (χ1v) is 7.26. The van der Waals surface area contributed by atoms with Crippen molar-refractivity contribution in [1.82, 2.24) is 4.90 Å². The topological polar surface area (TPSA) is 38.8 Å². The molecule has 0 heterocycles. The highest BCUT2D eigenvalue weighted by Gasteiger charge is 2.24. The number of rotatable bonds is 7. The summed E-state index contributed by atoms with van der Waals surface area (Å²) in [5, 5.41) is -1.01. The summed E-state index contributed by atoms with van der Waals surface area (Å²) in [4.78, 5) is 13.5. The van der Waals surface area contributed by atoms with Gasteiger partial charge in [0.05, 0.1) is 17.9 Å². The van der Waals surface area contributed by atoms with E-state index in [1.807, 2.05) is 12.1 Å². The number of ether oxygens (including phenoxy) is 2. The van der Waals surface area contributed by atoms with E-state index in [2.05, 4.69) is 38.4 Å². The van der Waals surface area contributed by atoms with Crippen molar-refractivity contribution in [2.24, 2.45) is 0 Å². The van der Waals surface area contributed by atoms with E-state index >= 15 is 0 Å². The van der Waals surface area contributed by atoms with Gasteiger partial charge in [-0.1, -0.05) is 24.3 Å². The van der Waals surface area contributed by atoms with E-state index in [1.54, 1.807) is 19.2 Å². The van der Waals surface area contributed by atoms with Crippen LogP contribution >= 0.6 is 25.3 Å². The van der Waals surface area contributed by atoms with Crippen LogP contribution in [0, 0.1) is 0 Å². The third-order valence-corrected chi connectivity index (χ3v) is 3.64. The third-order valence-electron chi connectivity index (χ3n) is 2.72. The fourth-order valence-electron chi connectivity index (χ4n) is 1.54. The average Bonchev–Trinajstić information content (AvgIpc) is 2.53. The molecule has 0 saturated heterocycles. The van der Waals surface area contributed by atoms with E-state index in [0.29, 0.717) is 0 Å². The van der Waals surface area contributed by atoms with Crippen molar-refractivity contribution < 1.29 is 14.3 Å². The van der Waals surface area contributed by atoms with Crippen molar-refractivity contribution in [3.05, 3.63) is 55.1 Å². The summed E-state index contributed by atoms with van der Waals surface area (Å²) < 4.78 is 10.3. The number of thiol groups is 2. The molecule has 114 valence electrons. The van der Waals surface area contributed by atoms with Gasteiger partial charge in [0, 0.05) is 0 Å². The lowest BCUT2D eigenvalue weighted by atomic mass is 10.2. The summed E-state index contributed by atoms with van der Waals surface area (Å²) in [5.41, 5.74) is 0.854. The van der Waals surface area contributed by atoms with Gasteiger partial charge >= 0.3 is 6.09 Å². The van der Waals surface area contributed by atoms with Gasteiger partial charge in [0.25, 0.3) is 0 Å². The van der Waals surface area contributed by atoms with Crippen molar-refractivity contribution in [1.29, 1.82) is 0 Å². The smallest absolute Gasteiger partial charge is 0.412 e. The summed E-state index contributed by atoms with van der Waals surface area (Å²) in [5.74, 6) is 0.746. The monoisotopic (exact) mass is 325 g/mol. The maximum absolute atomic E-state index is 12.1. The molecule has 1 amide bonds. The van der Waals surface area contributed by atoms with Crippen LogP contribution in [0.3, 0.4) is 0 Å². The van der Waals surface area contributed by atoms with Crippen LogP contribution in [-0.2, 0) is 11.3 Å². The summed E-state index contributed by atoms with van der Waals surface area (Å²) in [6.07, 6.45) is 2.50. The minimum absolute atomic E-state index is 0.147. The second kappa shape index (κ2) is 8.69. The molecule has 2 unspecified atom stereocenters. The second-order valence-electron chi connectivity index (χ2n) is 4.11. The first-order chi connectivity index (χ1) is 10.0. The Morgan fingerprint density at radius 1 is 1.24 bits per heavy atom. The Bertz CT molecular complexity index is 476. The number of nitrogens with zero attached hydrogens (tertiary/aromatic N) is 1. The maximum Gasteiger partial charge on any atom is 0.412 e. The normalized spacial score (nSPS) is 12.9. The minimum atomic E-state index is -0.536. The van der Waals surface area contributed by atoms with Crippen LogP contribution in [0.5, 0.6) is 5.75 Å². The van der Waals surface area contributed by atoms with E-state index in [0.717, 1.165) is 11.3 Å². The number of methoxy groups -OCH3 is 1. The van der Waals surface area contributed by atoms with Gasteiger partial charge in [0.1, 0.15) is 12.4 Å². The molecule has 0 radical (unpaired) electrons. The quantitative estimate of drug-likeness (QED) is 0.458. The molecule has 21 heavy (non-hydrogen) atoms. The largest absolute Gasteiger partial charge is 0.497 e. The molecule has 4 nitrogen and oxygen atoms in total. The zero-order chi connectivity index (χ0) is 15.8. The van der Waals surface area contributed by atoms with Crippen molar-refractivity contribution in [2.45, 2.75) is 17.4 Å². The molecule has 0 aliphatic rings. The third kappa shape index (κ3) is 5.06. The molecule has 6 heteroatoms. The molecule has 0 saturated carbocycles. The van der Waals surface area contributed by atoms with Crippen molar-refractivity contribution in [3.63, 3.8) is 0 Å². The maximum atomic E-state index is 12.1. The predicted molar refractivity (Wildman–Crippen MR) is 91.0 cm³/mol. The highest BCUT2D eigenvalue weighted by atomic mass is 32.1. The lowest BCUT2D eigenvalue weighted by Crippen LogP contribution is -2.41. The van der Waals surface area contributed by atoms with Crippen LogP contribution in [0.25, 0.3) is 0 Å². The van der Waals surface area contributed by atoms with Crippen LogP contribution < -0.4 is 4.74 Å². The summed E-state index contributed by atoms with van der Waals surface area (Å²) in [6, 6.07) is 7.26. The molecule has 0 fully saturated rings. The van der Waals surface area contributed by atoms with Gasteiger partial charge < -0.3 is 9.47 Å². The van der Waals surface area contributed by atoms with Crippen LogP contribution in [-0.4, -0.2) is 28.9 Å². The van der Waals surface area contributed by atoms with E-state index in [-0.39, 0.29) is 6.61 Å². The highest BCUT2D eigenvalue weighted by molar-refractivity contribution is 7.82. The van der Waals surface area contributed by atoms with E-state index in [4.69, 9.17) is 9.47 Å². The van der Waals surface area contributed by atoms with Crippen molar-refractivity contribution in [3.8, 4) is 5.75 Å². The highest BCUT2D eigenvalue weighted by Crippen LogP contribution is 2.17. The van der Waals surface area contributed by atoms with E-state index in [9.17, 15) is 4.79 Å². The number of amides is 1. The fraction of sp³-hybridized carbons (Fsp3) is 0.267. The number of hydrogen-bond donors (Lipinski definition) is 2. The molecule has 0 bridgehead atoms. The molecule has 1 rings (SSSR count). The number of benzene rings is 1. The first-order valence-electron chi connectivity index (χ1n) is 6.22. The van der Waals surface area contributed by atoms with Crippen molar-refractivity contribution in [2.75, 3.05) is 7.11 Å². The van der Waals surface area contributed by atoms with Gasteiger partial charge in [-0.25, -0.2) is 4.79 Å². The molecule has 0 N–H and O–H groups in total. The zero-order valence-corrected chi connectivity index (χ0v) is 13.6. The Balaban J connectivity index is 2.68. The number of carbonyl (C=O) groups excluding carboxylic acids is 1. The Morgan fingerprint density at radius 3 is 2.19 bits per heavy atom. The Hall–Kier alpha value is -1.53. The molecule has 0 aliphatic carbocycles. The average molecular weight is 325 g/mol. The Labute approximate surface area is 136 Å². The van der Waals surface area contributed by atoms with Gasteiger partial charge in [0.15, 0.2) is 0 Å². The zero-order valence-electron chi connectivity index (χ0n) is 11.8. The molecule has 0 spiro atoms. The standard InChI is InChI=1S/C15H19NO3S2/c1-4-13(20)16(14(21)5-2)15(17)19-10-11-6-8-12(18-3)9-7-11/h4-9,13-14,20-21H,1-2,10H2,3H3. The van der Waals surface area contributed by atoms with E-state index < -0.39 is 16.8 Å². The van der Waals surface area contributed by atoms with Gasteiger partial charge in [-0.2, -0.15) is 25.3 Å². The first kappa shape index (κ1) is 17.5. The second-order valence-corrected chi connectivity index (χ2v) is 5.17. The summed E-state index contributed by atoms with van der Waals surface area (Å²) >= 11 is 8.52. The Morgan fingerprint density at radius 2 is 1.76 bits per heavy atom. The molecule has 1 aromatic rings. The minimum Gasteiger partial charge on any atom is -0.497 e.